The van der Waals surface area contributed by atoms with E-state index < -0.39 is 8.25 Å². The van der Waals surface area contributed by atoms with E-state index >= 15 is 0 Å². The van der Waals surface area contributed by atoms with Gasteiger partial charge in [-0.05, 0) is 17.4 Å². The Hall–Kier alpha value is -0.630. The molecule has 0 spiro atoms. The zero-order valence-corrected chi connectivity index (χ0v) is 10.9. The van der Waals surface area contributed by atoms with Crippen LogP contribution in [-0.4, -0.2) is 4.89 Å². The second kappa shape index (κ2) is 5.62. The number of benzene rings is 1. The number of hydrogen-bond acceptors (Lipinski definition) is 2. The molecule has 0 radical (unpaired) electrons. The summed E-state index contributed by atoms with van der Waals surface area (Å²) in [4.78, 5) is 8.91. The van der Waals surface area contributed by atoms with Gasteiger partial charge in [-0.2, -0.15) is 0 Å². The highest BCUT2D eigenvalue weighted by Gasteiger charge is 2.22. The molecule has 0 aliphatic heterocycles. The fourth-order valence-electron chi connectivity index (χ4n) is 1.57. The van der Waals surface area contributed by atoms with E-state index in [4.69, 9.17) is 9.42 Å². The highest BCUT2D eigenvalue weighted by Crippen LogP contribution is 2.37. The van der Waals surface area contributed by atoms with Crippen LogP contribution in [0.5, 0.6) is 0 Å². The standard InChI is InChI=1S/C12H19O3P/c1-12(2,3)9-11(15-16(13)14)10-7-5-4-6-8-10/h4-8,11,16H,9H2,1-3H3,(H,13,14). The fraction of sp³-hybridized carbons (Fsp3) is 0.500. The molecule has 1 aromatic carbocycles. The molecule has 0 heterocycles. The van der Waals surface area contributed by atoms with Crippen molar-refractivity contribution < 1.29 is 14.0 Å². The molecule has 2 atom stereocenters. The van der Waals surface area contributed by atoms with Gasteiger partial charge in [0.15, 0.2) is 0 Å². The zero-order chi connectivity index (χ0) is 12.2. The van der Waals surface area contributed by atoms with Crippen molar-refractivity contribution >= 4 is 8.25 Å². The van der Waals surface area contributed by atoms with Crippen LogP contribution in [0.2, 0.25) is 0 Å². The van der Waals surface area contributed by atoms with Crippen LogP contribution in [0.25, 0.3) is 0 Å². The van der Waals surface area contributed by atoms with Crippen LogP contribution in [0.3, 0.4) is 0 Å². The second-order valence-corrected chi connectivity index (χ2v) is 5.82. The van der Waals surface area contributed by atoms with E-state index in [2.05, 4.69) is 20.8 Å². The Bertz CT molecular complexity index is 343. The Balaban J connectivity index is 2.84. The summed E-state index contributed by atoms with van der Waals surface area (Å²) in [5, 5.41) is 0. The van der Waals surface area contributed by atoms with E-state index in [0.717, 1.165) is 5.56 Å². The molecule has 4 heteroatoms. The lowest BCUT2D eigenvalue weighted by Crippen LogP contribution is -2.12. The number of rotatable bonds is 4. The van der Waals surface area contributed by atoms with Crippen LogP contribution < -0.4 is 0 Å². The molecular formula is C12H19O3P. The van der Waals surface area contributed by atoms with Crippen molar-refractivity contribution in [3.8, 4) is 0 Å². The third kappa shape index (κ3) is 4.93. The van der Waals surface area contributed by atoms with Crippen LogP contribution in [0, 0.1) is 5.41 Å². The highest BCUT2D eigenvalue weighted by molar-refractivity contribution is 7.32. The molecular weight excluding hydrogens is 223 g/mol. The molecule has 0 bridgehead atoms. The first kappa shape index (κ1) is 13.4. The monoisotopic (exact) mass is 242 g/mol. The summed E-state index contributed by atoms with van der Waals surface area (Å²) in [5.74, 6) is 0. The average Bonchev–Trinajstić information content (AvgIpc) is 2.15. The Morgan fingerprint density at radius 1 is 1.31 bits per heavy atom. The maximum atomic E-state index is 10.8. The van der Waals surface area contributed by atoms with Crippen LogP contribution >= 0.6 is 8.25 Å². The van der Waals surface area contributed by atoms with E-state index in [-0.39, 0.29) is 11.5 Å². The van der Waals surface area contributed by atoms with E-state index in [1.165, 1.54) is 0 Å². The van der Waals surface area contributed by atoms with Crippen molar-refractivity contribution in [3.63, 3.8) is 0 Å². The van der Waals surface area contributed by atoms with Gasteiger partial charge >= 0.3 is 8.25 Å². The van der Waals surface area contributed by atoms with Crippen LogP contribution in [0.4, 0.5) is 0 Å². The molecule has 16 heavy (non-hydrogen) atoms. The van der Waals surface area contributed by atoms with E-state index in [0.29, 0.717) is 6.42 Å². The summed E-state index contributed by atoms with van der Waals surface area (Å²) in [5.41, 5.74) is 1.00. The molecule has 2 unspecified atom stereocenters. The van der Waals surface area contributed by atoms with Gasteiger partial charge in [-0.25, -0.2) is 0 Å². The summed E-state index contributed by atoms with van der Waals surface area (Å²) in [6.07, 6.45) is 0.408. The van der Waals surface area contributed by atoms with E-state index in [1.54, 1.807) is 0 Å². The molecule has 3 nitrogen and oxygen atoms in total. The average molecular weight is 242 g/mol. The Morgan fingerprint density at radius 2 is 1.88 bits per heavy atom. The lowest BCUT2D eigenvalue weighted by Gasteiger charge is -2.25. The van der Waals surface area contributed by atoms with Crippen molar-refractivity contribution in [1.82, 2.24) is 0 Å². The van der Waals surface area contributed by atoms with Crippen LogP contribution in [0.1, 0.15) is 38.9 Å². The summed E-state index contributed by atoms with van der Waals surface area (Å²) in [6, 6.07) is 9.56. The molecule has 1 rings (SSSR count). The van der Waals surface area contributed by atoms with Crippen molar-refractivity contribution in [1.29, 1.82) is 0 Å². The lowest BCUT2D eigenvalue weighted by molar-refractivity contribution is 0.139. The van der Waals surface area contributed by atoms with Crippen molar-refractivity contribution in [2.75, 3.05) is 0 Å². The first-order chi connectivity index (χ1) is 7.38. The molecule has 1 N–H and O–H groups in total. The minimum Gasteiger partial charge on any atom is -0.326 e. The first-order valence-corrected chi connectivity index (χ1v) is 6.59. The molecule has 90 valence electrons. The molecule has 0 saturated carbocycles. The Kier molecular flexibility index (Phi) is 4.72. The first-order valence-electron chi connectivity index (χ1n) is 5.33. The topological polar surface area (TPSA) is 46.5 Å². The van der Waals surface area contributed by atoms with Gasteiger partial charge in [0.25, 0.3) is 0 Å². The summed E-state index contributed by atoms with van der Waals surface area (Å²) < 4.78 is 15.9. The molecule has 0 aliphatic carbocycles. The summed E-state index contributed by atoms with van der Waals surface area (Å²) >= 11 is 0. The van der Waals surface area contributed by atoms with Crippen molar-refractivity contribution in [2.24, 2.45) is 5.41 Å². The normalized spacial score (nSPS) is 15.8. The minimum atomic E-state index is -2.90. The van der Waals surface area contributed by atoms with Gasteiger partial charge in [0.1, 0.15) is 0 Å². The molecule has 0 amide bonds. The van der Waals surface area contributed by atoms with E-state index in [1.807, 2.05) is 30.3 Å². The zero-order valence-electron chi connectivity index (χ0n) is 9.93. The molecule has 0 saturated heterocycles. The second-order valence-electron chi connectivity index (χ2n) is 5.05. The largest absolute Gasteiger partial charge is 0.326 e. The fourth-order valence-corrected chi connectivity index (χ4v) is 2.04. The number of hydrogen-bond donors (Lipinski definition) is 1. The van der Waals surface area contributed by atoms with Gasteiger partial charge in [0.05, 0.1) is 6.10 Å². The van der Waals surface area contributed by atoms with Gasteiger partial charge in [0, 0.05) is 0 Å². The smallest absolute Gasteiger partial charge is 0.317 e. The molecule has 0 aliphatic rings. The Morgan fingerprint density at radius 3 is 2.31 bits per heavy atom. The molecule has 0 fully saturated rings. The molecule has 1 aromatic rings. The highest BCUT2D eigenvalue weighted by atomic mass is 31.1. The van der Waals surface area contributed by atoms with Gasteiger partial charge in [-0.3, -0.25) is 4.57 Å². The van der Waals surface area contributed by atoms with Crippen LogP contribution in [-0.2, 0) is 9.09 Å². The maximum absolute atomic E-state index is 10.8. The Labute approximate surface area is 97.4 Å². The third-order valence-corrected chi connectivity index (χ3v) is 2.70. The van der Waals surface area contributed by atoms with Gasteiger partial charge in [-0.1, -0.05) is 51.1 Å². The lowest BCUT2D eigenvalue weighted by atomic mass is 9.87. The third-order valence-electron chi connectivity index (χ3n) is 2.21. The van der Waals surface area contributed by atoms with E-state index in [9.17, 15) is 4.57 Å². The maximum Gasteiger partial charge on any atom is 0.317 e. The summed E-state index contributed by atoms with van der Waals surface area (Å²) in [7, 11) is -2.90. The molecule has 0 aromatic heterocycles. The van der Waals surface area contributed by atoms with Gasteiger partial charge < -0.3 is 9.42 Å². The van der Waals surface area contributed by atoms with Gasteiger partial charge in [-0.15, -0.1) is 0 Å². The SMILES string of the molecule is CC(C)(C)CC(O[PH](=O)O)c1ccccc1. The quantitative estimate of drug-likeness (QED) is 0.821. The van der Waals surface area contributed by atoms with Crippen molar-refractivity contribution in [2.45, 2.75) is 33.3 Å². The predicted octanol–water partition coefficient (Wildman–Crippen LogP) is 3.56. The van der Waals surface area contributed by atoms with Crippen molar-refractivity contribution in [3.05, 3.63) is 35.9 Å². The van der Waals surface area contributed by atoms with Crippen LogP contribution in [0.15, 0.2) is 30.3 Å². The minimum absolute atomic E-state index is 0.0534. The summed E-state index contributed by atoms with van der Waals surface area (Å²) in [6.45, 7) is 6.25. The van der Waals surface area contributed by atoms with Gasteiger partial charge in [0.2, 0.25) is 0 Å². The predicted molar refractivity (Wildman–Crippen MR) is 65.6 cm³/mol.